The van der Waals surface area contributed by atoms with E-state index < -0.39 is 5.97 Å². The second-order valence-corrected chi connectivity index (χ2v) is 4.00. The first kappa shape index (κ1) is 10.5. The average Bonchev–Trinajstić information content (AvgIpc) is 1.98. The van der Waals surface area contributed by atoms with E-state index >= 15 is 0 Å². The van der Waals surface area contributed by atoms with Crippen LogP contribution < -0.4 is 0 Å². The summed E-state index contributed by atoms with van der Waals surface area (Å²) in [6, 6.07) is 3.45. The molecule has 1 rings (SSSR count). The molecule has 0 saturated heterocycles. The molecular weight excluding hydrogens is 255 g/mol. The van der Waals surface area contributed by atoms with Crippen molar-refractivity contribution in [3.63, 3.8) is 0 Å². The zero-order chi connectivity index (χ0) is 10.0. The van der Waals surface area contributed by atoms with Gasteiger partial charge < -0.3 is 5.11 Å². The van der Waals surface area contributed by atoms with Crippen LogP contribution in [0, 0.1) is 6.92 Å². The Labute approximate surface area is 89.7 Å². The lowest BCUT2D eigenvalue weighted by molar-refractivity contribution is -0.136. The molecule has 0 aliphatic heterocycles. The molecule has 0 unspecified atom stereocenters. The van der Waals surface area contributed by atoms with Gasteiger partial charge in [-0.25, -0.2) is 0 Å². The van der Waals surface area contributed by atoms with Crippen LogP contribution in [0.3, 0.4) is 0 Å². The van der Waals surface area contributed by atoms with Gasteiger partial charge >= 0.3 is 5.97 Å². The lowest BCUT2D eigenvalue weighted by Crippen LogP contribution is -2.01. The third-order valence-corrected chi connectivity index (χ3v) is 2.99. The van der Waals surface area contributed by atoms with E-state index in [1.807, 2.05) is 6.92 Å². The van der Waals surface area contributed by atoms with Gasteiger partial charge in [-0.05, 0) is 30.2 Å². The van der Waals surface area contributed by atoms with Crippen molar-refractivity contribution in [3.8, 4) is 0 Å². The van der Waals surface area contributed by atoms with Crippen LogP contribution in [0.4, 0.5) is 0 Å². The number of aliphatic carboxylic acids is 1. The predicted octanol–water partition coefficient (Wildman–Crippen LogP) is 3.04. The number of carboxylic acids is 1. The van der Waals surface area contributed by atoms with E-state index in [-0.39, 0.29) is 6.42 Å². The van der Waals surface area contributed by atoms with Crippen LogP contribution in [-0.4, -0.2) is 11.1 Å². The van der Waals surface area contributed by atoms with Gasteiger partial charge in [-0.1, -0.05) is 27.5 Å². The molecule has 0 amide bonds. The van der Waals surface area contributed by atoms with Gasteiger partial charge in [-0.3, -0.25) is 4.79 Å². The van der Waals surface area contributed by atoms with E-state index in [0.29, 0.717) is 10.6 Å². The molecule has 0 heterocycles. The van der Waals surface area contributed by atoms with E-state index in [9.17, 15) is 4.79 Å². The minimum absolute atomic E-state index is 0.0119. The van der Waals surface area contributed by atoms with E-state index in [1.165, 1.54) is 0 Å². The fourth-order valence-electron chi connectivity index (χ4n) is 1.09. The highest BCUT2D eigenvalue weighted by atomic mass is 79.9. The Hall–Kier alpha value is -0.540. The molecule has 0 radical (unpaired) electrons. The van der Waals surface area contributed by atoms with Crippen molar-refractivity contribution in [3.05, 3.63) is 32.8 Å². The highest BCUT2D eigenvalue weighted by molar-refractivity contribution is 9.10. The number of benzene rings is 1. The normalized spacial score (nSPS) is 10.1. The van der Waals surface area contributed by atoms with Crippen molar-refractivity contribution >= 4 is 33.5 Å². The van der Waals surface area contributed by atoms with Crippen molar-refractivity contribution in [2.75, 3.05) is 0 Å². The zero-order valence-corrected chi connectivity index (χ0v) is 9.32. The Morgan fingerprint density at radius 3 is 2.77 bits per heavy atom. The molecule has 4 heteroatoms. The van der Waals surface area contributed by atoms with Gasteiger partial charge in [0.15, 0.2) is 0 Å². The summed E-state index contributed by atoms with van der Waals surface area (Å²) in [6.45, 7) is 1.88. The van der Waals surface area contributed by atoms with E-state index in [1.54, 1.807) is 12.1 Å². The van der Waals surface area contributed by atoms with Gasteiger partial charge in [0.1, 0.15) is 0 Å². The summed E-state index contributed by atoms with van der Waals surface area (Å²) in [4.78, 5) is 10.5. The summed E-state index contributed by atoms with van der Waals surface area (Å²) < 4.78 is 0.819. The molecular formula is C9H8BrClO2. The number of aryl methyl sites for hydroxylation is 1. The van der Waals surface area contributed by atoms with Crippen LogP contribution in [0.2, 0.25) is 5.02 Å². The van der Waals surface area contributed by atoms with Crippen molar-refractivity contribution in [2.45, 2.75) is 13.3 Å². The van der Waals surface area contributed by atoms with Crippen LogP contribution in [0.15, 0.2) is 16.6 Å². The summed E-state index contributed by atoms with van der Waals surface area (Å²) in [5.74, 6) is -0.859. The molecule has 1 aromatic rings. The number of halogens is 2. The number of carboxylic acid groups (broad SMARTS) is 1. The Kier molecular flexibility index (Phi) is 3.33. The maximum absolute atomic E-state index is 10.5. The summed E-state index contributed by atoms with van der Waals surface area (Å²) in [5, 5.41) is 9.18. The van der Waals surface area contributed by atoms with Gasteiger partial charge in [-0.15, -0.1) is 0 Å². The number of hydrogen-bond acceptors (Lipinski definition) is 1. The standard InChI is InChI=1S/C9H8BrClO2/c1-5-2-7(11)3-6(9(5)10)4-8(12)13/h2-3H,4H2,1H3,(H,12,13). The fraction of sp³-hybridized carbons (Fsp3) is 0.222. The number of hydrogen-bond donors (Lipinski definition) is 1. The highest BCUT2D eigenvalue weighted by Crippen LogP contribution is 2.25. The molecule has 0 atom stereocenters. The second-order valence-electron chi connectivity index (χ2n) is 2.77. The van der Waals surface area contributed by atoms with E-state index in [2.05, 4.69) is 15.9 Å². The van der Waals surface area contributed by atoms with Crippen molar-refractivity contribution in [1.82, 2.24) is 0 Å². The maximum atomic E-state index is 10.5. The number of carbonyl (C=O) groups is 1. The maximum Gasteiger partial charge on any atom is 0.307 e. The summed E-state index contributed by atoms with van der Waals surface area (Å²) >= 11 is 9.11. The molecule has 1 aromatic carbocycles. The largest absolute Gasteiger partial charge is 0.481 e. The van der Waals surface area contributed by atoms with Crippen LogP contribution in [0.5, 0.6) is 0 Å². The Bertz CT molecular complexity index is 350. The van der Waals surface area contributed by atoms with Crippen LogP contribution in [-0.2, 0) is 11.2 Å². The first-order chi connectivity index (χ1) is 6.00. The van der Waals surface area contributed by atoms with Crippen LogP contribution in [0.1, 0.15) is 11.1 Å². The van der Waals surface area contributed by atoms with Gasteiger partial charge in [0.2, 0.25) is 0 Å². The molecule has 13 heavy (non-hydrogen) atoms. The first-order valence-electron chi connectivity index (χ1n) is 3.67. The van der Waals surface area contributed by atoms with E-state index in [0.717, 1.165) is 10.0 Å². The molecule has 0 saturated carbocycles. The topological polar surface area (TPSA) is 37.3 Å². The van der Waals surface area contributed by atoms with Crippen molar-refractivity contribution in [2.24, 2.45) is 0 Å². The molecule has 70 valence electrons. The second kappa shape index (κ2) is 4.11. The Balaban J connectivity index is 3.12. The molecule has 0 bridgehead atoms. The fourth-order valence-corrected chi connectivity index (χ4v) is 1.75. The molecule has 0 aliphatic carbocycles. The Morgan fingerprint density at radius 1 is 1.62 bits per heavy atom. The van der Waals surface area contributed by atoms with Gasteiger partial charge in [-0.2, -0.15) is 0 Å². The lowest BCUT2D eigenvalue weighted by atomic mass is 10.1. The molecule has 0 fully saturated rings. The van der Waals surface area contributed by atoms with Crippen LogP contribution in [0.25, 0.3) is 0 Å². The average molecular weight is 264 g/mol. The molecule has 0 aromatic heterocycles. The third-order valence-electron chi connectivity index (χ3n) is 1.64. The third kappa shape index (κ3) is 2.71. The zero-order valence-electron chi connectivity index (χ0n) is 6.97. The molecule has 1 N–H and O–H groups in total. The van der Waals surface area contributed by atoms with Gasteiger partial charge in [0.05, 0.1) is 6.42 Å². The molecule has 0 aliphatic rings. The van der Waals surface area contributed by atoms with Gasteiger partial charge in [0.25, 0.3) is 0 Å². The summed E-state index contributed by atoms with van der Waals surface area (Å²) in [7, 11) is 0. The SMILES string of the molecule is Cc1cc(Cl)cc(CC(=O)O)c1Br. The smallest absolute Gasteiger partial charge is 0.307 e. The number of rotatable bonds is 2. The predicted molar refractivity (Wildman–Crippen MR) is 55.2 cm³/mol. The highest BCUT2D eigenvalue weighted by Gasteiger charge is 2.08. The quantitative estimate of drug-likeness (QED) is 0.890. The first-order valence-corrected chi connectivity index (χ1v) is 4.84. The molecule has 2 nitrogen and oxygen atoms in total. The minimum atomic E-state index is -0.859. The van der Waals surface area contributed by atoms with Gasteiger partial charge in [0, 0.05) is 9.50 Å². The molecule has 0 spiro atoms. The monoisotopic (exact) mass is 262 g/mol. The van der Waals surface area contributed by atoms with Crippen molar-refractivity contribution in [1.29, 1.82) is 0 Å². The lowest BCUT2D eigenvalue weighted by Gasteiger charge is -2.05. The van der Waals surface area contributed by atoms with Crippen LogP contribution >= 0.6 is 27.5 Å². The van der Waals surface area contributed by atoms with Crippen molar-refractivity contribution < 1.29 is 9.90 Å². The summed E-state index contributed by atoms with van der Waals surface area (Å²) in [5.41, 5.74) is 1.65. The summed E-state index contributed by atoms with van der Waals surface area (Å²) in [6.07, 6.45) is -0.0119. The minimum Gasteiger partial charge on any atom is -0.481 e. The Morgan fingerprint density at radius 2 is 2.23 bits per heavy atom. The van der Waals surface area contributed by atoms with E-state index in [4.69, 9.17) is 16.7 Å².